The number of aliphatic hydroxyl groups is 2. The molecule has 1 aromatic rings. The van der Waals surface area contributed by atoms with Crippen molar-refractivity contribution < 1.29 is 15.0 Å². The third kappa shape index (κ3) is 3.58. The first-order chi connectivity index (χ1) is 10.6. The SMILES string of the molecule is O=C1C[C@H]2C[C@@H](O)[C@H](CC[C@@H](O)CCc3ccccc3)[C@H]2C1. The Balaban J connectivity index is 1.44. The van der Waals surface area contributed by atoms with Crippen molar-refractivity contribution in [2.75, 3.05) is 0 Å². The van der Waals surface area contributed by atoms with Crippen LogP contribution in [0.5, 0.6) is 0 Å². The summed E-state index contributed by atoms with van der Waals surface area (Å²) in [5.74, 6) is 1.33. The van der Waals surface area contributed by atoms with Gasteiger partial charge in [-0.3, -0.25) is 4.79 Å². The molecule has 120 valence electrons. The van der Waals surface area contributed by atoms with Gasteiger partial charge in [0.05, 0.1) is 12.2 Å². The zero-order valence-electron chi connectivity index (χ0n) is 13.0. The molecular weight excluding hydrogens is 276 g/mol. The number of Topliss-reactive ketones (excluding diaryl/α,β-unsaturated/α-hetero) is 1. The highest BCUT2D eigenvalue weighted by Gasteiger charge is 2.47. The summed E-state index contributed by atoms with van der Waals surface area (Å²) >= 11 is 0. The maximum absolute atomic E-state index is 11.6. The number of carbonyl (C=O) groups is 1. The largest absolute Gasteiger partial charge is 0.393 e. The van der Waals surface area contributed by atoms with Crippen LogP contribution in [-0.2, 0) is 11.2 Å². The highest BCUT2D eigenvalue weighted by atomic mass is 16.3. The number of rotatable bonds is 6. The number of carbonyl (C=O) groups excluding carboxylic acids is 1. The van der Waals surface area contributed by atoms with Crippen molar-refractivity contribution in [2.45, 2.75) is 57.2 Å². The van der Waals surface area contributed by atoms with Gasteiger partial charge >= 0.3 is 0 Å². The Hall–Kier alpha value is -1.19. The number of aliphatic hydroxyl groups excluding tert-OH is 2. The molecule has 2 aliphatic carbocycles. The van der Waals surface area contributed by atoms with Gasteiger partial charge in [-0.15, -0.1) is 0 Å². The van der Waals surface area contributed by atoms with Gasteiger partial charge in [0.1, 0.15) is 5.78 Å². The fourth-order valence-corrected chi connectivity index (χ4v) is 4.40. The number of ketones is 1. The number of benzene rings is 1. The molecule has 1 aromatic carbocycles. The molecule has 3 heteroatoms. The van der Waals surface area contributed by atoms with Crippen LogP contribution < -0.4 is 0 Å². The maximum Gasteiger partial charge on any atom is 0.133 e. The van der Waals surface area contributed by atoms with E-state index in [1.807, 2.05) is 18.2 Å². The van der Waals surface area contributed by atoms with E-state index in [0.29, 0.717) is 30.5 Å². The van der Waals surface area contributed by atoms with E-state index in [1.165, 1.54) is 5.56 Å². The monoisotopic (exact) mass is 302 g/mol. The highest BCUT2D eigenvalue weighted by Crippen LogP contribution is 2.48. The molecule has 0 amide bonds. The van der Waals surface area contributed by atoms with Crippen molar-refractivity contribution in [3.63, 3.8) is 0 Å². The van der Waals surface area contributed by atoms with Crippen LogP contribution in [0.1, 0.15) is 44.1 Å². The minimum absolute atomic E-state index is 0.211. The van der Waals surface area contributed by atoms with Crippen molar-refractivity contribution >= 4 is 5.78 Å². The molecular formula is C19H26O3. The lowest BCUT2D eigenvalue weighted by molar-refractivity contribution is -0.118. The van der Waals surface area contributed by atoms with Gasteiger partial charge in [-0.25, -0.2) is 0 Å². The highest BCUT2D eigenvalue weighted by molar-refractivity contribution is 5.81. The molecule has 0 aliphatic heterocycles. The zero-order valence-corrected chi connectivity index (χ0v) is 13.0. The summed E-state index contributed by atoms with van der Waals surface area (Å²) in [6, 6.07) is 10.2. The van der Waals surface area contributed by atoms with E-state index >= 15 is 0 Å². The van der Waals surface area contributed by atoms with Gasteiger partial charge in [-0.2, -0.15) is 0 Å². The lowest BCUT2D eigenvalue weighted by atomic mass is 9.86. The molecule has 22 heavy (non-hydrogen) atoms. The van der Waals surface area contributed by atoms with Crippen LogP contribution in [-0.4, -0.2) is 28.2 Å². The van der Waals surface area contributed by atoms with Crippen molar-refractivity contribution in [3.05, 3.63) is 35.9 Å². The fourth-order valence-electron chi connectivity index (χ4n) is 4.40. The Labute approximate surface area is 132 Å². The molecule has 0 radical (unpaired) electrons. The molecule has 2 saturated carbocycles. The smallest absolute Gasteiger partial charge is 0.133 e. The summed E-state index contributed by atoms with van der Waals surface area (Å²) < 4.78 is 0. The van der Waals surface area contributed by atoms with Crippen LogP contribution in [0.2, 0.25) is 0 Å². The van der Waals surface area contributed by atoms with E-state index in [-0.39, 0.29) is 18.1 Å². The lowest BCUT2D eigenvalue weighted by Gasteiger charge is -2.22. The van der Waals surface area contributed by atoms with Crippen LogP contribution in [0.15, 0.2) is 30.3 Å². The molecule has 2 fully saturated rings. The van der Waals surface area contributed by atoms with Gasteiger partial charge in [0.2, 0.25) is 0 Å². The van der Waals surface area contributed by atoms with Gasteiger partial charge < -0.3 is 10.2 Å². The van der Waals surface area contributed by atoms with E-state index in [9.17, 15) is 15.0 Å². The van der Waals surface area contributed by atoms with Crippen LogP contribution >= 0.6 is 0 Å². The predicted molar refractivity (Wildman–Crippen MR) is 85.3 cm³/mol. The molecule has 0 unspecified atom stereocenters. The first kappa shape index (κ1) is 15.7. The molecule has 3 nitrogen and oxygen atoms in total. The van der Waals surface area contributed by atoms with E-state index < -0.39 is 0 Å². The van der Waals surface area contributed by atoms with Crippen molar-refractivity contribution in [3.8, 4) is 0 Å². The molecule has 0 spiro atoms. The third-order valence-corrected chi connectivity index (χ3v) is 5.59. The van der Waals surface area contributed by atoms with E-state index in [4.69, 9.17) is 0 Å². The second kappa shape index (κ2) is 6.93. The standard InChI is InChI=1S/C19H26O3/c20-15(7-6-13-4-2-1-3-5-13)8-9-17-18-12-16(21)10-14(18)11-19(17)22/h1-5,14-15,17-20,22H,6-12H2/t14-,15-,17+,18-,19+/m0/s1. The molecule has 0 heterocycles. The summed E-state index contributed by atoms with van der Waals surface area (Å²) in [5.41, 5.74) is 1.25. The van der Waals surface area contributed by atoms with Gasteiger partial charge in [-0.1, -0.05) is 30.3 Å². The van der Waals surface area contributed by atoms with Gasteiger partial charge in [0.15, 0.2) is 0 Å². The summed E-state index contributed by atoms with van der Waals surface area (Å²) in [5, 5.41) is 20.4. The maximum atomic E-state index is 11.6. The topological polar surface area (TPSA) is 57.5 Å². The number of aryl methyl sites for hydroxylation is 1. The average Bonchev–Trinajstić information content (AvgIpc) is 2.99. The van der Waals surface area contributed by atoms with Crippen molar-refractivity contribution in [1.29, 1.82) is 0 Å². The van der Waals surface area contributed by atoms with Gasteiger partial charge in [-0.05, 0) is 55.4 Å². The molecule has 0 bridgehead atoms. The normalized spacial score (nSPS) is 32.2. The Kier molecular flexibility index (Phi) is 4.94. The second-order valence-electron chi connectivity index (χ2n) is 7.09. The number of fused-ring (bicyclic) bond motifs is 1. The van der Waals surface area contributed by atoms with E-state index in [2.05, 4.69) is 12.1 Å². The Bertz CT molecular complexity index is 499. The third-order valence-electron chi connectivity index (χ3n) is 5.59. The first-order valence-corrected chi connectivity index (χ1v) is 8.55. The van der Waals surface area contributed by atoms with Crippen LogP contribution in [0.25, 0.3) is 0 Å². The molecule has 2 N–H and O–H groups in total. The van der Waals surface area contributed by atoms with Gasteiger partial charge in [0, 0.05) is 12.8 Å². The van der Waals surface area contributed by atoms with Crippen molar-refractivity contribution in [2.24, 2.45) is 17.8 Å². The molecule has 0 aromatic heterocycles. The second-order valence-corrected chi connectivity index (χ2v) is 7.09. The quantitative estimate of drug-likeness (QED) is 0.849. The number of hydrogen-bond donors (Lipinski definition) is 2. The number of hydrogen-bond acceptors (Lipinski definition) is 3. The van der Waals surface area contributed by atoms with Gasteiger partial charge in [0.25, 0.3) is 0 Å². The Morgan fingerprint density at radius 3 is 2.68 bits per heavy atom. The molecule has 2 aliphatic rings. The Morgan fingerprint density at radius 1 is 1.14 bits per heavy atom. The molecule has 3 rings (SSSR count). The van der Waals surface area contributed by atoms with Crippen LogP contribution in [0, 0.1) is 17.8 Å². The van der Waals surface area contributed by atoms with E-state index in [0.717, 1.165) is 32.1 Å². The lowest BCUT2D eigenvalue weighted by Crippen LogP contribution is -2.22. The van der Waals surface area contributed by atoms with E-state index in [1.54, 1.807) is 0 Å². The minimum Gasteiger partial charge on any atom is -0.393 e. The summed E-state index contributed by atoms with van der Waals surface area (Å²) in [4.78, 5) is 11.6. The summed E-state index contributed by atoms with van der Waals surface area (Å²) in [6.45, 7) is 0. The van der Waals surface area contributed by atoms with Crippen LogP contribution in [0.4, 0.5) is 0 Å². The van der Waals surface area contributed by atoms with Crippen molar-refractivity contribution in [1.82, 2.24) is 0 Å². The summed E-state index contributed by atoms with van der Waals surface area (Å²) in [6.07, 6.45) is 4.72. The predicted octanol–water partition coefficient (Wildman–Crippen LogP) is 2.74. The minimum atomic E-state index is -0.316. The molecule has 5 atom stereocenters. The summed E-state index contributed by atoms with van der Waals surface area (Å²) in [7, 11) is 0. The average molecular weight is 302 g/mol. The van der Waals surface area contributed by atoms with Crippen LogP contribution in [0.3, 0.4) is 0 Å². The zero-order chi connectivity index (χ0) is 15.5. The molecule has 0 saturated heterocycles. The fraction of sp³-hybridized carbons (Fsp3) is 0.632. The first-order valence-electron chi connectivity index (χ1n) is 8.55. The Morgan fingerprint density at radius 2 is 1.91 bits per heavy atom.